The van der Waals surface area contributed by atoms with Crippen molar-refractivity contribution >= 4 is 24.2 Å². The molecule has 2 aliphatic rings. The molecule has 0 spiro atoms. The third-order valence-electron chi connectivity index (χ3n) is 4.51. The number of piperidine rings is 1. The molecule has 0 radical (unpaired) electrons. The first-order chi connectivity index (χ1) is 9.49. The van der Waals surface area contributed by atoms with Crippen LogP contribution in [0.3, 0.4) is 0 Å². The van der Waals surface area contributed by atoms with E-state index in [1.165, 1.54) is 0 Å². The smallest absolute Gasteiger partial charge is 0.225 e. The minimum absolute atomic E-state index is 0. The second-order valence-corrected chi connectivity index (χ2v) is 6.49. The summed E-state index contributed by atoms with van der Waals surface area (Å²) < 4.78 is 0. The molecule has 0 aromatic heterocycles. The standard InChI is InChI=1S/C15H27N3O2.ClH/c1-10(2)14(19)17-13-5-4-6-18(9-13)15(20)11(3)12-7-16-8-12;/h10-13,16H,4-9H2,1-3H3,(H,17,19);1H. The molecule has 2 atom stereocenters. The molecule has 0 bridgehead atoms. The van der Waals surface area contributed by atoms with E-state index in [0.717, 1.165) is 32.5 Å². The Morgan fingerprint density at radius 2 is 1.90 bits per heavy atom. The molecule has 6 heteroatoms. The summed E-state index contributed by atoms with van der Waals surface area (Å²) in [5.74, 6) is 0.908. The maximum atomic E-state index is 12.5. The summed E-state index contributed by atoms with van der Waals surface area (Å²) >= 11 is 0. The van der Waals surface area contributed by atoms with Crippen LogP contribution in [0.1, 0.15) is 33.6 Å². The normalized spacial score (nSPS) is 24.0. The van der Waals surface area contributed by atoms with Crippen molar-refractivity contribution in [3.63, 3.8) is 0 Å². The molecule has 2 aliphatic heterocycles. The lowest BCUT2D eigenvalue weighted by Gasteiger charge is -2.38. The van der Waals surface area contributed by atoms with Gasteiger partial charge in [0.15, 0.2) is 0 Å². The van der Waals surface area contributed by atoms with Crippen molar-refractivity contribution in [1.29, 1.82) is 0 Å². The SMILES string of the molecule is CC(C)C(=O)NC1CCCN(C(=O)C(C)C2CNC2)C1.Cl. The summed E-state index contributed by atoms with van der Waals surface area (Å²) in [6.45, 7) is 9.23. The Morgan fingerprint density at radius 1 is 1.24 bits per heavy atom. The number of hydrogen-bond acceptors (Lipinski definition) is 3. The average molecular weight is 318 g/mol. The van der Waals surface area contributed by atoms with Crippen molar-refractivity contribution in [3.05, 3.63) is 0 Å². The maximum Gasteiger partial charge on any atom is 0.225 e. The van der Waals surface area contributed by atoms with Crippen molar-refractivity contribution in [3.8, 4) is 0 Å². The van der Waals surface area contributed by atoms with Gasteiger partial charge in [0.25, 0.3) is 0 Å². The van der Waals surface area contributed by atoms with Crippen molar-refractivity contribution < 1.29 is 9.59 Å². The second kappa shape index (κ2) is 7.99. The predicted octanol–water partition coefficient (Wildman–Crippen LogP) is 1.03. The molecule has 21 heavy (non-hydrogen) atoms. The Balaban J connectivity index is 0.00000220. The van der Waals surface area contributed by atoms with Crippen molar-refractivity contribution in [2.75, 3.05) is 26.2 Å². The van der Waals surface area contributed by atoms with Crippen LogP contribution in [-0.4, -0.2) is 48.9 Å². The molecule has 0 aromatic rings. The highest BCUT2D eigenvalue weighted by molar-refractivity contribution is 5.85. The number of amides is 2. The number of halogens is 1. The molecule has 0 saturated carbocycles. The zero-order valence-corrected chi connectivity index (χ0v) is 14.0. The molecule has 2 unspecified atom stereocenters. The first-order valence-corrected chi connectivity index (χ1v) is 7.79. The number of nitrogens with one attached hydrogen (secondary N) is 2. The van der Waals surface area contributed by atoms with Gasteiger partial charge < -0.3 is 15.5 Å². The molecule has 2 fully saturated rings. The number of carbonyl (C=O) groups is 2. The quantitative estimate of drug-likeness (QED) is 0.814. The Hall–Kier alpha value is -0.810. The number of rotatable bonds is 4. The third kappa shape index (κ3) is 4.58. The number of likely N-dealkylation sites (tertiary alicyclic amines) is 1. The summed E-state index contributed by atoms with van der Waals surface area (Å²) in [4.78, 5) is 26.2. The van der Waals surface area contributed by atoms with Gasteiger partial charge in [-0.15, -0.1) is 12.4 Å². The molecule has 2 amide bonds. The van der Waals surface area contributed by atoms with Gasteiger partial charge in [-0.05, 0) is 31.8 Å². The van der Waals surface area contributed by atoms with Gasteiger partial charge in [0.05, 0.1) is 0 Å². The third-order valence-corrected chi connectivity index (χ3v) is 4.51. The summed E-state index contributed by atoms with van der Waals surface area (Å²) in [5.41, 5.74) is 0. The Bertz CT molecular complexity index is 372. The van der Waals surface area contributed by atoms with E-state index >= 15 is 0 Å². The van der Waals surface area contributed by atoms with E-state index in [1.54, 1.807) is 0 Å². The number of hydrogen-bond donors (Lipinski definition) is 2. The van der Waals surface area contributed by atoms with Crippen LogP contribution in [0.15, 0.2) is 0 Å². The number of nitrogens with zero attached hydrogens (tertiary/aromatic N) is 1. The molecule has 0 aliphatic carbocycles. The molecule has 2 saturated heterocycles. The molecule has 2 rings (SSSR count). The van der Waals surface area contributed by atoms with Crippen molar-refractivity contribution in [1.82, 2.24) is 15.5 Å². The van der Waals surface area contributed by atoms with Crippen LogP contribution in [0.2, 0.25) is 0 Å². The van der Waals surface area contributed by atoms with E-state index in [4.69, 9.17) is 0 Å². The molecular formula is C15H28ClN3O2. The van der Waals surface area contributed by atoms with Crippen LogP contribution in [0.25, 0.3) is 0 Å². The first kappa shape index (κ1) is 18.2. The van der Waals surface area contributed by atoms with Crippen LogP contribution in [0.4, 0.5) is 0 Å². The van der Waals surface area contributed by atoms with Gasteiger partial charge in [-0.2, -0.15) is 0 Å². The molecule has 0 aromatic carbocycles. The highest BCUT2D eigenvalue weighted by atomic mass is 35.5. The van der Waals surface area contributed by atoms with Crippen LogP contribution in [0.5, 0.6) is 0 Å². The van der Waals surface area contributed by atoms with E-state index in [0.29, 0.717) is 12.5 Å². The van der Waals surface area contributed by atoms with Gasteiger partial charge >= 0.3 is 0 Å². The summed E-state index contributed by atoms with van der Waals surface area (Å²) in [6.07, 6.45) is 1.95. The van der Waals surface area contributed by atoms with Gasteiger partial charge in [0.2, 0.25) is 11.8 Å². The van der Waals surface area contributed by atoms with Gasteiger partial charge in [0.1, 0.15) is 0 Å². The van der Waals surface area contributed by atoms with Crippen LogP contribution >= 0.6 is 12.4 Å². The van der Waals surface area contributed by atoms with E-state index in [2.05, 4.69) is 10.6 Å². The fraction of sp³-hybridized carbons (Fsp3) is 0.867. The zero-order valence-electron chi connectivity index (χ0n) is 13.2. The van der Waals surface area contributed by atoms with E-state index in [1.807, 2.05) is 25.7 Å². The molecule has 5 nitrogen and oxygen atoms in total. The largest absolute Gasteiger partial charge is 0.351 e. The van der Waals surface area contributed by atoms with E-state index < -0.39 is 0 Å². The summed E-state index contributed by atoms with van der Waals surface area (Å²) in [5, 5.41) is 6.27. The summed E-state index contributed by atoms with van der Waals surface area (Å²) in [7, 11) is 0. The molecular weight excluding hydrogens is 290 g/mol. The lowest BCUT2D eigenvalue weighted by atomic mass is 9.87. The monoisotopic (exact) mass is 317 g/mol. The Morgan fingerprint density at radius 3 is 2.43 bits per heavy atom. The zero-order chi connectivity index (χ0) is 14.7. The number of carbonyl (C=O) groups excluding carboxylic acids is 2. The Kier molecular flexibility index (Phi) is 6.94. The molecule has 2 heterocycles. The fourth-order valence-electron chi connectivity index (χ4n) is 2.82. The van der Waals surface area contributed by atoms with Crippen molar-refractivity contribution in [2.24, 2.45) is 17.8 Å². The van der Waals surface area contributed by atoms with E-state index in [-0.39, 0.29) is 42.1 Å². The van der Waals surface area contributed by atoms with E-state index in [9.17, 15) is 9.59 Å². The van der Waals surface area contributed by atoms with Crippen LogP contribution in [0, 0.1) is 17.8 Å². The van der Waals surface area contributed by atoms with Gasteiger partial charge in [-0.25, -0.2) is 0 Å². The topological polar surface area (TPSA) is 61.4 Å². The van der Waals surface area contributed by atoms with Gasteiger partial charge in [-0.3, -0.25) is 9.59 Å². The minimum Gasteiger partial charge on any atom is -0.351 e. The predicted molar refractivity (Wildman–Crippen MR) is 85.4 cm³/mol. The highest BCUT2D eigenvalue weighted by Gasteiger charge is 2.33. The molecule has 2 N–H and O–H groups in total. The summed E-state index contributed by atoms with van der Waals surface area (Å²) in [6, 6.07) is 0.120. The second-order valence-electron chi connectivity index (χ2n) is 6.49. The van der Waals surface area contributed by atoms with Crippen molar-refractivity contribution in [2.45, 2.75) is 39.7 Å². The Labute approximate surface area is 133 Å². The lowest BCUT2D eigenvalue weighted by molar-refractivity contribution is -0.139. The maximum absolute atomic E-state index is 12.5. The molecule has 122 valence electrons. The van der Waals surface area contributed by atoms with Gasteiger partial charge in [-0.1, -0.05) is 20.8 Å². The minimum atomic E-state index is 0. The van der Waals surface area contributed by atoms with Crippen LogP contribution < -0.4 is 10.6 Å². The van der Waals surface area contributed by atoms with Gasteiger partial charge in [0, 0.05) is 31.0 Å². The lowest BCUT2D eigenvalue weighted by Crippen LogP contribution is -2.55. The highest BCUT2D eigenvalue weighted by Crippen LogP contribution is 2.21. The fourth-order valence-corrected chi connectivity index (χ4v) is 2.82. The average Bonchev–Trinajstić information content (AvgIpc) is 2.35. The van der Waals surface area contributed by atoms with Crippen LogP contribution in [-0.2, 0) is 9.59 Å². The first-order valence-electron chi connectivity index (χ1n) is 7.79.